The van der Waals surface area contributed by atoms with Crippen molar-refractivity contribution in [2.45, 2.75) is 19.9 Å². The molecular formula is C23H19BrN2O4S. The summed E-state index contributed by atoms with van der Waals surface area (Å²) in [7, 11) is 0. The lowest BCUT2D eigenvalue weighted by Gasteiger charge is -2.24. The zero-order valence-corrected chi connectivity index (χ0v) is 19.2. The molecule has 4 rings (SSSR count). The molecule has 2 heterocycles. The van der Waals surface area contributed by atoms with E-state index in [0.717, 1.165) is 11.1 Å². The highest BCUT2D eigenvalue weighted by Gasteiger charge is 2.33. The zero-order valence-electron chi connectivity index (χ0n) is 16.8. The van der Waals surface area contributed by atoms with Crippen molar-refractivity contribution >= 4 is 39.3 Å². The summed E-state index contributed by atoms with van der Waals surface area (Å²) in [6.07, 6.45) is 1.75. The van der Waals surface area contributed by atoms with Gasteiger partial charge in [-0.2, -0.15) is 0 Å². The average molecular weight is 499 g/mol. The molecule has 2 aromatic carbocycles. The Morgan fingerprint density at radius 1 is 1.29 bits per heavy atom. The van der Waals surface area contributed by atoms with Gasteiger partial charge in [-0.15, -0.1) is 0 Å². The van der Waals surface area contributed by atoms with Crippen molar-refractivity contribution in [3.05, 3.63) is 95.1 Å². The molecule has 0 saturated carbocycles. The summed E-state index contributed by atoms with van der Waals surface area (Å²) in [5.74, 6) is -0.355. The van der Waals surface area contributed by atoms with Crippen molar-refractivity contribution in [2.24, 2.45) is 4.99 Å². The van der Waals surface area contributed by atoms with E-state index in [1.807, 2.05) is 30.3 Å². The van der Waals surface area contributed by atoms with Crippen molar-refractivity contribution in [3.8, 4) is 5.75 Å². The number of aromatic hydroxyl groups is 1. The Kier molecular flexibility index (Phi) is 5.93. The average Bonchev–Trinajstić information content (AvgIpc) is 3.05. The second-order valence-electron chi connectivity index (χ2n) is 6.92. The number of nitrogens with zero attached hydrogens (tertiary/aromatic N) is 2. The van der Waals surface area contributed by atoms with Crippen LogP contribution in [-0.2, 0) is 9.53 Å². The van der Waals surface area contributed by atoms with E-state index in [2.05, 4.69) is 20.9 Å². The van der Waals surface area contributed by atoms with Gasteiger partial charge in [0.15, 0.2) is 4.80 Å². The van der Waals surface area contributed by atoms with Gasteiger partial charge in [0.25, 0.3) is 5.56 Å². The fourth-order valence-corrected chi connectivity index (χ4v) is 4.95. The van der Waals surface area contributed by atoms with Crippen LogP contribution in [0.1, 0.15) is 31.0 Å². The Balaban J connectivity index is 1.95. The minimum atomic E-state index is -0.620. The standard InChI is InChI=1S/C23H19BrN2O4S/c1-3-30-22(29)19-13(2)25-23-26(20(19)15-7-5-4-6-8-15)21(28)18(31-23)12-14-9-10-17(27)16(24)11-14/h4-12,20,27H,3H2,1-2H3/b18-12-/t20-/m0/s1. The van der Waals surface area contributed by atoms with Crippen LogP contribution in [0.5, 0.6) is 5.75 Å². The van der Waals surface area contributed by atoms with Crippen LogP contribution >= 0.6 is 27.3 Å². The molecule has 0 aliphatic carbocycles. The first kappa shape index (κ1) is 21.3. The Morgan fingerprint density at radius 2 is 2.03 bits per heavy atom. The first-order valence-corrected chi connectivity index (χ1v) is 11.2. The van der Waals surface area contributed by atoms with E-state index >= 15 is 0 Å². The summed E-state index contributed by atoms with van der Waals surface area (Å²) in [6, 6.07) is 13.8. The molecule has 8 heteroatoms. The molecule has 0 unspecified atom stereocenters. The minimum Gasteiger partial charge on any atom is -0.507 e. The van der Waals surface area contributed by atoms with Crippen LogP contribution in [0, 0.1) is 0 Å². The summed E-state index contributed by atoms with van der Waals surface area (Å²) in [5.41, 5.74) is 2.22. The van der Waals surface area contributed by atoms with E-state index < -0.39 is 12.0 Å². The second-order valence-corrected chi connectivity index (χ2v) is 8.79. The number of fused-ring (bicyclic) bond motifs is 1. The fourth-order valence-electron chi connectivity index (χ4n) is 3.51. The number of carbonyl (C=O) groups is 1. The highest BCUT2D eigenvalue weighted by Crippen LogP contribution is 2.30. The zero-order chi connectivity index (χ0) is 22.1. The topological polar surface area (TPSA) is 80.9 Å². The SMILES string of the molecule is CCOC(=O)C1=C(C)N=c2s/c(=C\c3ccc(O)c(Br)c3)c(=O)n2[C@H]1c1ccccc1. The first-order valence-electron chi connectivity index (χ1n) is 9.64. The lowest BCUT2D eigenvalue weighted by Crippen LogP contribution is -2.39. The molecule has 1 aliphatic heterocycles. The third-order valence-electron chi connectivity index (χ3n) is 4.90. The summed E-state index contributed by atoms with van der Waals surface area (Å²) in [4.78, 5) is 31.3. The van der Waals surface area contributed by atoms with Gasteiger partial charge in [0.05, 0.1) is 32.9 Å². The van der Waals surface area contributed by atoms with Crippen LogP contribution in [0.2, 0.25) is 0 Å². The molecule has 0 amide bonds. The number of phenolic OH excluding ortho intramolecular Hbond substituents is 1. The number of aromatic nitrogens is 1. The lowest BCUT2D eigenvalue weighted by atomic mass is 9.96. The third kappa shape index (κ3) is 4.00. The van der Waals surface area contributed by atoms with Crippen LogP contribution in [0.15, 0.2) is 74.1 Å². The van der Waals surface area contributed by atoms with Crippen LogP contribution in [0.3, 0.4) is 0 Å². The van der Waals surface area contributed by atoms with E-state index in [-0.39, 0.29) is 17.9 Å². The minimum absolute atomic E-state index is 0.123. The number of rotatable bonds is 4. The van der Waals surface area contributed by atoms with Gasteiger partial charge >= 0.3 is 5.97 Å². The number of thiazole rings is 1. The highest BCUT2D eigenvalue weighted by atomic mass is 79.9. The number of carbonyl (C=O) groups excluding carboxylic acids is 1. The van der Waals surface area contributed by atoms with Crippen LogP contribution in [-0.4, -0.2) is 22.2 Å². The summed E-state index contributed by atoms with van der Waals surface area (Å²) in [5, 5.41) is 9.72. The number of allylic oxidation sites excluding steroid dienone is 1. The van der Waals surface area contributed by atoms with E-state index in [9.17, 15) is 14.7 Å². The summed E-state index contributed by atoms with van der Waals surface area (Å²) >= 11 is 4.56. The smallest absolute Gasteiger partial charge is 0.338 e. The molecule has 31 heavy (non-hydrogen) atoms. The Bertz CT molecular complexity index is 1370. The van der Waals surface area contributed by atoms with Crippen LogP contribution in [0.4, 0.5) is 0 Å². The quantitative estimate of drug-likeness (QED) is 0.559. The maximum absolute atomic E-state index is 13.4. The van der Waals surface area contributed by atoms with Crippen molar-refractivity contribution in [2.75, 3.05) is 6.61 Å². The summed E-state index contributed by atoms with van der Waals surface area (Å²) in [6.45, 7) is 3.74. The Hall–Kier alpha value is -2.97. The van der Waals surface area contributed by atoms with E-state index in [1.54, 1.807) is 42.7 Å². The number of ether oxygens (including phenoxy) is 1. The molecule has 1 aromatic heterocycles. The second kappa shape index (κ2) is 8.64. The molecule has 3 aromatic rings. The molecule has 0 fully saturated rings. The first-order chi connectivity index (χ1) is 14.9. The van der Waals surface area contributed by atoms with Crippen molar-refractivity contribution in [3.63, 3.8) is 0 Å². The molecule has 0 spiro atoms. The van der Waals surface area contributed by atoms with E-state index in [1.165, 1.54) is 11.3 Å². The number of phenols is 1. The van der Waals surface area contributed by atoms with Crippen LogP contribution in [0.25, 0.3) is 6.08 Å². The van der Waals surface area contributed by atoms with Gasteiger partial charge in [-0.25, -0.2) is 9.79 Å². The lowest BCUT2D eigenvalue weighted by molar-refractivity contribution is -0.139. The van der Waals surface area contributed by atoms with Gasteiger partial charge in [-0.3, -0.25) is 9.36 Å². The Morgan fingerprint density at radius 3 is 2.71 bits per heavy atom. The molecule has 1 aliphatic rings. The molecule has 6 nitrogen and oxygen atoms in total. The normalized spacial score (nSPS) is 16.1. The predicted octanol–water partition coefficient (Wildman–Crippen LogP) is 3.27. The third-order valence-corrected chi connectivity index (χ3v) is 6.52. The van der Waals surface area contributed by atoms with Crippen molar-refractivity contribution in [1.82, 2.24) is 4.57 Å². The van der Waals surface area contributed by atoms with Gasteiger partial charge in [0, 0.05) is 0 Å². The van der Waals surface area contributed by atoms with E-state index in [0.29, 0.717) is 25.1 Å². The molecule has 1 N–H and O–H groups in total. The molecule has 0 bridgehead atoms. The maximum Gasteiger partial charge on any atom is 0.338 e. The maximum atomic E-state index is 13.4. The van der Waals surface area contributed by atoms with Crippen LogP contribution < -0.4 is 14.9 Å². The molecule has 1 atom stereocenters. The number of esters is 1. The molecule has 0 radical (unpaired) electrons. The van der Waals surface area contributed by atoms with Gasteiger partial charge in [-0.1, -0.05) is 47.7 Å². The van der Waals surface area contributed by atoms with Crippen molar-refractivity contribution < 1.29 is 14.6 Å². The monoisotopic (exact) mass is 498 g/mol. The largest absolute Gasteiger partial charge is 0.507 e. The van der Waals surface area contributed by atoms with Gasteiger partial charge in [0.2, 0.25) is 0 Å². The fraction of sp³-hybridized carbons (Fsp3) is 0.174. The highest BCUT2D eigenvalue weighted by molar-refractivity contribution is 9.10. The molecule has 158 valence electrons. The van der Waals surface area contributed by atoms with Gasteiger partial charge in [-0.05, 0) is 59.1 Å². The summed E-state index contributed by atoms with van der Waals surface area (Å²) < 4.78 is 7.86. The number of halogens is 1. The van der Waals surface area contributed by atoms with Crippen molar-refractivity contribution in [1.29, 1.82) is 0 Å². The predicted molar refractivity (Wildman–Crippen MR) is 123 cm³/mol. The Labute approximate surface area is 190 Å². The number of benzene rings is 2. The van der Waals surface area contributed by atoms with E-state index in [4.69, 9.17) is 4.74 Å². The molecule has 0 saturated heterocycles. The number of hydrogen-bond acceptors (Lipinski definition) is 6. The van der Waals surface area contributed by atoms with Gasteiger partial charge in [0.1, 0.15) is 5.75 Å². The molecular weight excluding hydrogens is 480 g/mol. The van der Waals surface area contributed by atoms with Gasteiger partial charge < -0.3 is 9.84 Å². The number of hydrogen-bond donors (Lipinski definition) is 1.